The first-order valence-corrected chi connectivity index (χ1v) is 3.92. The Kier molecular flexibility index (Phi) is 3.84. The van der Waals surface area contributed by atoms with Gasteiger partial charge in [0.15, 0.2) is 0 Å². The molecule has 0 atom stereocenters. The van der Waals surface area contributed by atoms with Crippen LogP contribution in [-0.4, -0.2) is 3.81 Å². The Bertz CT molecular complexity index is 72.4. The third-order valence-electron chi connectivity index (χ3n) is 1.24. The first kappa shape index (κ1) is 8.58. The Morgan fingerprint density at radius 3 is 1.25 bits per heavy atom. The van der Waals surface area contributed by atoms with Gasteiger partial charge in [-0.2, -0.15) is 0 Å². The minimum atomic E-state index is 0.759. The predicted molar refractivity (Wildman–Crippen MR) is 34.7 cm³/mol. The van der Waals surface area contributed by atoms with Crippen molar-refractivity contribution in [3.05, 3.63) is 0 Å². The van der Waals surface area contributed by atoms with Crippen LogP contribution in [0.15, 0.2) is 0 Å². The second kappa shape index (κ2) is 3.58. The summed E-state index contributed by atoms with van der Waals surface area (Å²) in [5.74, 6) is 1.52. The molecule has 0 aliphatic heterocycles. The fourth-order valence-corrected chi connectivity index (χ4v) is 0.667. The topological polar surface area (TPSA) is 0 Å². The Balaban J connectivity index is 3.65. The minimum absolute atomic E-state index is 0.759. The second-order valence-corrected chi connectivity index (χ2v) is 3.67. The third-order valence-corrected chi connectivity index (χ3v) is 3.05. The van der Waals surface area contributed by atoms with Gasteiger partial charge in [0.25, 0.3) is 0 Å². The average Bonchev–Trinajstić information content (AvgIpc) is 1.64. The molecule has 0 unspecified atom stereocenters. The van der Waals surface area contributed by atoms with Crippen LogP contribution in [0.25, 0.3) is 0 Å². The summed E-state index contributed by atoms with van der Waals surface area (Å²) in [5, 5.41) is 0. The fraction of sp³-hybridized carbons (Fsp3) is 0.857. The number of hydrogen-bond donors (Lipinski definition) is 0. The van der Waals surface area contributed by atoms with Crippen LogP contribution in [0, 0.1) is 11.8 Å². The van der Waals surface area contributed by atoms with E-state index in [-0.39, 0.29) is 0 Å². The van der Waals surface area contributed by atoms with Crippen molar-refractivity contribution >= 4 is 3.81 Å². The molecule has 0 aromatic carbocycles. The first-order valence-electron chi connectivity index (χ1n) is 3.14. The molecule has 0 spiro atoms. The van der Waals surface area contributed by atoms with E-state index in [0.29, 0.717) is 0 Å². The molecule has 0 radical (unpaired) electrons. The van der Waals surface area contributed by atoms with E-state index in [4.69, 9.17) is 0 Å². The quantitative estimate of drug-likeness (QED) is 0.523. The van der Waals surface area contributed by atoms with E-state index in [2.05, 4.69) is 47.7 Å². The molecule has 0 amide bonds. The summed E-state index contributed by atoms with van der Waals surface area (Å²) in [6, 6.07) is 0. The molecule has 0 N–H and O–H groups in total. The summed E-state index contributed by atoms with van der Waals surface area (Å²) < 4.78 is 1.60. The summed E-state index contributed by atoms with van der Waals surface area (Å²) >= 11 is 2.23. The van der Waals surface area contributed by atoms with E-state index in [1.807, 2.05) is 0 Å². The predicted octanol–water partition coefficient (Wildman–Crippen LogP) is 2.02. The molecular formula is C7H14Ti+2. The van der Waals surface area contributed by atoms with E-state index in [1.165, 1.54) is 0 Å². The summed E-state index contributed by atoms with van der Waals surface area (Å²) in [5.41, 5.74) is 0. The molecule has 8 heavy (non-hydrogen) atoms. The molecule has 0 aromatic heterocycles. The maximum atomic E-state index is 2.25. The number of rotatable bonds is 2. The van der Waals surface area contributed by atoms with Crippen molar-refractivity contribution in [2.24, 2.45) is 11.8 Å². The maximum absolute atomic E-state index is 2.25. The molecule has 0 aliphatic carbocycles. The van der Waals surface area contributed by atoms with Gasteiger partial charge in [-0.1, -0.05) is 0 Å². The molecule has 44 valence electrons. The van der Waals surface area contributed by atoms with Gasteiger partial charge >= 0.3 is 63.3 Å². The van der Waals surface area contributed by atoms with Crippen molar-refractivity contribution < 1.29 is 20.0 Å². The van der Waals surface area contributed by atoms with Crippen molar-refractivity contribution in [3.63, 3.8) is 0 Å². The fourth-order valence-electron chi connectivity index (χ4n) is 0.667. The summed E-state index contributed by atoms with van der Waals surface area (Å²) in [7, 11) is 0. The Morgan fingerprint density at radius 1 is 1.00 bits per heavy atom. The van der Waals surface area contributed by atoms with Gasteiger partial charge in [0, 0.05) is 0 Å². The van der Waals surface area contributed by atoms with Crippen LogP contribution in [0.1, 0.15) is 27.7 Å². The van der Waals surface area contributed by atoms with Crippen molar-refractivity contribution in [2.45, 2.75) is 27.7 Å². The number of hydrogen-bond acceptors (Lipinski definition) is 0. The average molecular weight is 146 g/mol. The molecule has 0 heterocycles. The van der Waals surface area contributed by atoms with Gasteiger partial charge in [-0.3, -0.25) is 0 Å². The van der Waals surface area contributed by atoms with E-state index in [9.17, 15) is 0 Å². The van der Waals surface area contributed by atoms with Crippen LogP contribution in [0.3, 0.4) is 0 Å². The Labute approximate surface area is 63.6 Å². The van der Waals surface area contributed by atoms with E-state index < -0.39 is 0 Å². The molecule has 0 aromatic rings. The zero-order chi connectivity index (χ0) is 6.73. The van der Waals surface area contributed by atoms with Crippen LogP contribution in [0.2, 0.25) is 0 Å². The van der Waals surface area contributed by atoms with Crippen LogP contribution >= 0.6 is 0 Å². The molecule has 0 rings (SSSR count). The summed E-state index contributed by atoms with van der Waals surface area (Å²) in [6.45, 7) is 8.98. The van der Waals surface area contributed by atoms with Crippen LogP contribution in [-0.2, 0) is 20.0 Å². The van der Waals surface area contributed by atoms with Crippen molar-refractivity contribution in [2.75, 3.05) is 0 Å². The molecule has 0 bridgehead atoms. The van der Waals surface area contributed by atoms with Crippen LogP contribution in [0.4, 0.5) is 0 Å². The van der Waals surface area contributed by atoms with Gasteiger partial charge in [0.2, 0.25) is 0 Å². The molecule has 0 nitrogen and oxygen atoms in total. The van der Waals surface area contributed by atoms with Crippen LogP contribution in [0.5, 0.6) is 0 Å². The third kappa shape index (κ3) is 2.79. The molecular weight excluding hydrogens is 132 g/mol. The standard InChI is InChI=1S/C7H14.Ti/c1-6(2)5-7(3)4;/h6-7H,1-4H3;/q;+2. The molecule has 1 heteroatoms. The van der Waals surface area contributed by atoms with Crippen molar-refractivity contribution in [1.82, 2.24) is 0 Å². The van der Waals surface area contributed by atoms with Crippen LogP contribution < -0.4 is 0 Å². The van der Waals surface area contributed by atoms with Gasteiger partial charge in [0.1, 0.15) is 0 Å². The van der Waals surface area contributed by atoms with Crippen molar-refractivity contribution in [3.8, 4) is 0 Å². The molecule has 0 aliphatic rings. The van der Waals surface area contributed by atoms with Crippen molar-refractivity contribution in [1.29, 1.82) is 0 Å². The normalized spacial score (nSPS) is 11.0. The second-order valence-electron chi connectivity index (χ2n) is 2.76. The summed E-state index contributed by atoms with van der Waals surface area (Å²) in [4.78, 5) is 0. The summed E-state index contributed by atoms with van der Waals surface area (Å²) in [6.07, 6.45) is 0. The molecule has 0 saturated heterocycles. The van der Waals surface area contributed by atoms with Gasteiger partial charge in [-0.15, -0.1) is 0 Å². The zero-order valence-corrected chi connectivity index (χ0v) is 7.72. The van der Waals surface area contributed by atoms with E-state index in [0.717, 1.165) is 11.8 Å². The Hall–Kier alpha value is 0.584. The Morgan fingerprint density at radius 2 is 1.25 bits per heavy atom. The van der Waals surface area contributed by atoms with Gasteiger partial charge < -0.3 is 0 Å². The SMILES string of the molecule is CC(C)[C](=[Ti+2])C(C)C. The van der Waals surface area contributed by atoms with E-state index in [1.54, 1.807) is 3.81 Å². The first-order chi connectivity index (χ1) is 3.55. The monoisotopic (exact) mass is 146 g/mol. The molecule has 0 saturated carbocycles. The molecule has 0 fully saturated rings. The van der Waals surface area contributed by atoms with Gasteiger partial charge in [-0.25, -0.2) is 0 Å². The van der Waals surface area contributed by atoms with Gasteiger partial charge in [-0.05, 0) is 0 Å². The van der Waals surface area contributed by atoms with Gasteiger partial charge in [0.05, 0.1) is 0 Å². The zero-order valence-electron chi connectivity index (χ0n) is 6.15. The van der Waals surface area contributed by atoms with E-state index >= 15 is 0 Å².